The van der Waals surface area contributed by atoms with Crippen molar-refractivity contribution in [2.24, 2.45) is 0 Å². The van der Waals surface area contributed by atoms with Gasteiger partial charge in [-0.3, -0.25) is 9.69 Å². The fourth-order valence-electron chi connectivity index (χ4n) is 5.70. The number of aromatic nitrogens is 5. The van der Waals surface area contributed by atoms with Crippen LogP contribution in [0.2, 0.25) is 0 Å². The number of hydrogen-bond donors (Lipinski definition) is 1. The normalized spacial score (nSPS) is 16.3. The third-order valence-corrected chi connectivity index (χ3v) is 8.37. The maximum absolute atomic E-state index is 13.8. The summed E-state index contributed by atoms with van der Waals surface area (Å²) in [4.78, 5) is 20.3. The summed E-state index contributed by atoms with van der Waals surface area (Å²) in [6, 6.07) is 13.4. The minimum atomic E-state index is -0.519. The van der Waals surface area contributed by atoms with Crippen molar-refractivity contribution < 1.29 is 13.9 Å². The Hall–Kier alpha value is -3.96. The van der Waals surface area contributed by atoms with E-state index in [0.29, 0.717) is 54.7 Å². The molecule has 2 aliphatic rings. The van der Waals surface area contributed by atoms with Gasteiger partial charge in [0.15, 0.2) is 17.3 Å². The molecule has 10 nitrogen and oxygen atoms in total. The van der Waals surface area contributed by atoms with Crippen LogP contribution in [0.5, 0.6) is 11.5 Å². The number of nitrogens with zero attached hydrogens (tertiary/aromatic N) is 5. The summed E-state index contributed by atoms with van der Waals surface area (Å²) in [5, 5.41) is 16.0. The molecule has 0 amide bonds. The number of furan rings is 1. The minimum Gasteiger partial charge on any atom is -0.486 e. The zero-order valence-corrected chi connectivity index (χ0v) is 22.1. The lowest BCUT2D eigenvalue weighted by atomic mass is 10.0. The quantitative estimate of drug-likeness (QED) is 0.295. The molecule has 39 heavy (non-hydrogen) atoms. The maximum Gasteiger partial charge on any atom is 0.253 e. The van der Waals surface area contributed by atoms with E-state index in [1.807, 2.05) is 41.1 Å². The molecule has 1 fully saturated rings. The van der Waals surface area contributed by atoms with Crippen LogP contribution in [0.1, 0.15) is 59.8 Å². The van der Waals surface area contributed by atoms with E-state index in [-0.39, 0.29) is 11.6 Å². The van der Waals surface area contributed by atoms with Gasteiger partial charge in [0, 0.05) is 28.4 Å². The van der Waals surface area contributed by atoms with Crippen molar-refractivity contribution in [2.75, 3.05) is 13.2 Å². The molecular formula is C28H28N6O4S. The van der Waals surface area contributed by atoms with Crippen LogP contribution < -0.4 is 15.0 Å². The van der Waals surface area contributed by atoms with Crippen LogP contribution in [0.3, 0.4) is 0 Å². The summed E-state index contributed by atoms with van der Waals surface area (Å²) in [7, 11) is 0. The van der Waals surface area contributed by atoms with Crippen molar-refractivity contribution in [2.45, 2.75) is 50.9 Å². The lowest BCUT2D eigenvalue weighted by Crippen LogP contribution is -2.35. The van der Waals surface area contributed by atoms with Gasteiger partial charge in [-0.1, -0.05) is 18.9 Å². The molecule has 0 radical (unpaired) electrons. The number of rotatable bonds is 8. The molecule has 5 aromatic rings. The largest absolute Gasteiger partial charge is 0.486 e. The van der Waals surface area contributed by atoms with Crippen LogP contribution >= 0.6 is 11.3 Å². The van der Waals surface area contributed by atoms with E-state index in [4.69, 9.17) is 13.9 Å². The molecule has 4 aromatic heterocycles. The van der Waals surface area contributed by atoms with E-state index < -0.39 is 6.04 Å². The van der Waals surface area contributed by atoms with Gasteiger partial charge in [0.05, 0.1) is 24.4 Å². The smallest absolute Gasteiger partial charge is 0.253 e. The van der Waals surface area contributed by atoms with Crippen molar-refractivity contribution >= 4 is 22.2 Å². The standard InChI is InChI=1S/C28H28N6O4S/c35-28-22(13-18-14-24-25(15-23(18)29-28)38-11-10-37-24)26(27-30-31-32-34(27)19-5-1-2-6-19)33(16-20-7-3-9-36-20)17-21-8-4-12-39-21/h3-4,7-9,12-15,19,26H,1-2,5-6,10-11,16-17H2,(H,29,35). The van der Waals surface area contributed by atoms with Gasteiger partial charge >= 0.3 is 0 Å². The number of fused-ring (bicyclic) bond motifs is 2. The molecule has 7 rings (SSSR count). The predicted octanol–water partition coefficient (Wildman–Crippen LogP) is 4.85. The van der Waals surface area contributed by atoms with Crippen molar-refractivity contribution in [3.63, 3.8) is 0 Å². The van der Waals surface area contributed by atoms with Crippen molar-refractivity contribution in [1.29, 1.82) is 0 Å². The molecule has 200 valence electrons. The van der Waals surface area contributed by atoms with E-state index in [2.05, 4.69) is 36.9 Å². The topological polar surface area (TPSA) is 111 Å². The van der Waals surface area contributed by atoms with E-state index in [1.165, 1.54) is 4.88 Å². The molecule has 1 N–H and O–H groups in total. The average Bonchev–Trinajstić information content (AvgIpc) is 3.76. The second kappa shape index (κ2) is 10.3. The molecule has 1 aliphatic heterocycles. The Bertz CT molecular complexity index is 1590. The number of aromatic amines is 1. The molecule has 11 heteroatoms. The number of H-pyrrole nitrogens is 1. The Morgan fingerprint density at radius 2 is 1.92 bits per heavy atom. The third kappa shape index (κ3) is 4.72. The van der Waals surface area contributed by atoms with Crippen molar-refractivity contribution in [3.8, 4) is 11.5 Å². The Morgan fingerprint density at radius 1 is 1.08 bits per heavy atom. The highest BCUT2D eigenvalue weighted by Crippen LogP contribution is 2.37. The predicted molar refractivity (Wildman–Crippen MR) is 145 cm³/mol. The molecule has 1 atom stereocenters. The summed E-state index contributed by atoms with van der Waals surface area (Å²) in [5.41, 5.74) is 1.06. The van der Waals surface area contributed by atoms with Crippen LogP contribution in [0.15, 0.2) is 63.3 Å². The average molecular weight is 545 g/mol. The Morgan fingerprint density at radius 3 is 2.69 bits per heavy atom. The first kappa shape index (κ1) is 24.1. The van der Waals surface area contributed by atoms with Gasteiger partial charge in [0.25, 0.3) is 5.56 Å². The van der Waals surface area contributed by atoms with Crippen LogP contribution in [0, 0.1) is 0 Å². The summed E-state index contributed by atoms with van der Waals surface area (Å²) < 4.78 is 19.3. The number of benzene rings is 1. The molecule has 1 aromatic carbocycles. The van der Waals surface area contributed by atoms with Crippen LogP contribution in [0.4, 0.5) is 0 Å². The Balaban J connectivity index is 1.40. The van der Waals surface area contributed by atoms with Gasteiger partial charge in [0.2, 0.25) is 0 Å². The van der Waals surface area contributed by atoms with Crippen LogP contribution in [0.25, 0.3) is 10.9 Å². The summed E-state index contributed by atoms with van der Waals surface area (Å²) in [5.74, 6) is 2.77. The second-order valence-electron chi connectivity index (χ2n) is 10.0. The van der Waals surface area contributed by atoms with E-state index >= 15 is 0 Å². The summed E-state index contributed by atoms with van der Waals surface area (Å²) in [6.45, 7) is 2.05. The molecule has 1 aliphatic carbocycles. The van der Waals surface area contributed by atoms with Gasteiger partial charge in [-0.25, -0.2) is 4.68 Å². The Kier molecular flexibility index (Phi) is 6.37. The zero-order chi connectivity index (χ0) is 26.2. The molecular weight excluding hydrogens is 516 g/mol. The summed E-state index contributed by atoms with van der Waals surface area (Å²) >= 11 is 1.68. The minimum absolute atomic E-state index is 0.194. The first-order valence-electron chi connectivity index (χ1n) is 13.3. The van der Waals surface area contributed by atoms with E-state index in [0.717, 1.165) is 36.8 Å². The molecule has 0 spiro atoms. The third-order valence-electron chi connectivity index (χ3n) is 7.51. The number of nitrogens with one attached hydrogen (secondary N) is 1. The fourth-order valence-corrected chi connectivity index (χ4v) is 6.42. The zero-order valence-electron chi connectivity index (χ0n) is 21.3. The molecule has 1 unspecified atom stereocenters. The van der Waals surface area contributed by atoms with Gasteiger partial charge in [-0.15, -0.1) is 16.4 Å². The number of hydrogen-bond acceptors (Lipinski definition) is 9. The number of ether oxygens (including phenoxy) is 2. The monoisotopic (exact) mass is 544 g/mol. The van der Waals surface area contributed by atoms with E-state index in [9.17, 15) is 4.79 Å². The molecule has 5 heterocycles. The molecule has 0 bridgehead atoms. The Labute approximate surface area is 228 Å². The lowest BCUT2D eigenvalue weighted by Gasteiger charge is -2.30. The second-order valence-corrected chi connectivity index (χ2v) is 11.1. The fraction of sp³-hybridized carbons (Fsp3) is 0.357. The van der Waals surface area contributed by atoms with E-state index in [1.54, 1.807) is 17.6 Å². The summed E-state index contributed by atoms with van der Waals surface area (Å²) in [6.07, 6.45) is 5.99. The highest BCUT2D eigenvalue weighted by molar-refractivity contribution is 7.09. The lowest BCUT2D eigenvalue weighted by molar-refractivity contribution is 0.172. The first-order valence-corrected chi connectivity index (χ1v) is 14.1. The van der Waals surface area contributed by atoms with Crippen molar-refractivity contribution in [1.82, 2.24) is 30.1 Å². The number of tetrazole rings is 1. The number of thiophene rings is 1. The highest BCUT2D eigenvalue weighted by Gasteiger charge is 2.34. The first-order chi connectivity index (χ1) is 19.2. The SMILES string of the molecule is O=c1[nH]c2cc3c(cc2cc1C(c1nnnn1C1CCCC1)N(Cc1ccco1)Cc1cccs1)OCCO3. The van der Waals surface area contributed by atoms with Crippen molar-refractivity contribution in [3.05, 3.63) is 86.5 Å². The molecule has 0 saturated heterocycles. The van der Waals surface area contributed by atoms with Gasteiger partial charge < -0.3 is 18.9 Å². The van der Waals surface area contributed by atoms with Crippen LogP contribution in [-0.2, 0) is 13.1 Å². The van der Waals surface area contributed by atoms with Crippen LogP contribution in [-0.4, -0.2) is 43.3 Å². The van der Waals surface area contributed by atoms with Gasteiger partial charge in [-0.05, 0) is 59.0 Å². The number of pyridine rings is 1. The molecule has 1 saturated carbocycles. The maximum atomic E-state index is 13.8. The van der Waals surface area contributed by atoms with Gasteiger partial charge in [0.1, 0.15) is 25.0 Å². The highest BCUT2D eigenvalue weighted by atomic mass is 32.1. The van der Waals surface area contributed by atoms with Gasteiger partial charge in [-0.2, -0.15) is 0 Å².